The van der Waals surface area contributed by atoms with Crippen LogP contribution >= 0.6 is 0 Å². The highest BCUT2D eigenvalue weighted by Crippen LogP contribution is 2.27. The van der Waals surface area contributed by atoms with E-state index in [1.54, 1.807) is 23.4 Å². The van der Waals surface area contributed by atoms with Crippen LogP contribution in [0, 0.1) is 11.8 Å². The van der Waals surface area contributed by atoms with Crippen LogP contribution in [-0.2, 0) is 9.59 Å². The van der Waals surface area contributed by atoms with Crippen LogP contribution in [0.3, 0.4) is 0 Å². The van der Waals surface area contributed by atoms with Gasteiger partial charge in [0.25, 0.3) is 0 Å². The molecule has 1 atom stereocenters. The van der Waals surface area contributed by atoms with Crippen molar-refractivity contribution in [2.24, 2.45) is 0 Å². The Kier molecular flexibility index (Phi) is 9.11. The predicted octanol–water partition coefficient (Wildman–Crippen LogP) is 3.03. The number of anilines is 3. The van der Waals surface area contributed by atoms with Crippen LogP contribution in [0.1, 0.15) is 44.1 Å². The SMILES string of the molecule is CN(C)C/C=C/C(=O)N1CCC[C@H]1C(=O)NCCCC#Cc1cnc(Nc2ccc3cn[nH]c3c2)nc1NC1CC1. The van der Waals surface area contributed by atoms with Gasteiger partial charge in [0, 0.05) is 49.2 Å². The molecule has 2 fully saturated rings. The van der Waals surface area contributed by atoms with E-state index in [0.29, 0.717) is 50.9 Å². The monoisotopic (exact) mass is 555 g/mol. The number of unbranched alkanes of at least 4 members (excludes halogenated alkanes) is 1. The largest absolute Gasteiger partial charge is 0.366 e. The number of aromatic nitrogens is 4. The van der Waals surface area contributed by atoms with E-state index < -0.39 is 6.04 Å². The van der Waals surface area contributed by atoms with Gasteiger partial charge in [0.1, 0.15) is 11.9 Å². The number of aromatic amines is 1. The van der Waals surface area contributed by atoms with Gasteiger partial charge < -0.3 is 25.8 Å². The van der Waals surface area contributed by atoms with E-state index in [1.165, 1.54) is 0 Å². The fraction of sp³-hybridized carbons (Fsp3) is 0.433. The molecular weight excluding hydrogens is 518 g/mol. The van der Waals surface area contributed by atoms with Crippen LogP contribution < -0.4 is 16.0 Å². The molecule has 1 aliphatic heterocycles. The number of nitrogens with zero attached hydrogens (tertiary/aromatic N) is 5. The number of H-pyrrole nitrogens is 1. The average molecular weight is 556 g/mol. The van der Waals surface area contributed by atoms with Gasteiger partial charge in [0.2, 0.25) is 17.8 Å². The second-order valence-electron chi connectivity index (χ2n) is 10.7. The summed E-state index contributed by atoms with van der Waals surface area (Å²) < 4.78 is 0. The number of amides is 2. The lowest BCUT2D eigenvalue weighted by atomic mass is 10.2. The molecule has 2 amide bonds. The van der Waals surface area contributed by atoms with Crippen molar-refractivity contribution in [3.05, 3.63) is 48.3 Å². The van der Waals surface area contributed by atoms with E-state index in [0.717, 1.165) is 47.2 Å². The topological polar surface area (TPSA) is 131 Å². The number of hydrogen-bond donors (Lipinski definition) is 4. The first kappa shape index (κ1) is 28.1. The zero-order valence-corrected chi connectivity index (χ0v) is 23.6. The Morgan fingerprint density at radius 3 is 2.93 bits per heavy atom. The van der Waals surface area contributed by atoms with E-state index in [1.807, 2.05) is 43.3 Å². The molecule has 214 valence electrons. The number of rotatable bonds is 11. The highest BCUT2D eigenvalue weighted by atomic mass is 16.2. The average Bonchev–Trinajstić information content (AvgIpc) is 3.42. The molecule has 1 aliphatic carbocycles. The number of likely N-dealkylation sites (tertiary alicyclic amines) is 1. The summed E-state index contributed by atoms with van der Waals surface area (Å²) in [6, 6.07) is 5.94. The minimum atomic E-state index is -0.403. The maximum Gasteiger partial charge on any atom is 0.246 e. The fourth-order valence-electron chi connectivity index (χ4n) is 4.64. The third kappa shape index (κ3) is 7.83. The van der Waals surface area contributed by atoms with E-state index >= 15 is 0 Å². The molecule has 41 heavy (non-hydrogen) atoms. The molecule has 5 rings (SSSR count). The molecule has 0 bridgehead atoms. The van der Waals surface area contributed by atoms with Gasteiger partial charge in [-0.25, -0.2) is 4.98 Å². The number of benzene rings is 1. The Bertz CT molecular complexity index is 1470. The number of carbonyl (C=O) groups is 2. The second-order valence-corrected chi connectivity index (χ2v) is 10.7. The molecule has 2 aromatic heterocycles. The summed E-state index contributed by atoms with van der Waals surface area (Å²) >= 11 is 0. The molecular formula is C30H37N9O2. The Balaban J connectivity index is 1.11. The summed E-state index contributed by atoms with van der Waals surface area (Å²) in [5.41, 5.74) is 2.55. The molecule has 3 heterocycles. The van der Waals surface area contributed by atoms with Gasteiger partial charge in [-0.05, 0) is 64.4 Å². The van der Waals surface area contributed by atoms with Crippen LogP contribution in [0.25, 0.3) is 10.9 Å². The van der Waals surface area contributed by atoms with Crippen molar-refractivity contribution >= 4 is 40.2 Å². The molecule has 2 aliphatic rings. The number of nitrogens with one attached hydrogen (secondary N) is 4. The van der Waals surface area contributed by atoms with Crippen molar-refractivity contribution in [3.8, 4) is 11.8 Å². The summed E-state index contributed by atoms with van der Waals surface area (Å²) in [7, 11) is 3.89. The minimum absolute atomic E-state index is 0.0936. The first-order valence-corrected chi connectivity index (χ1v) is 14.2. The molecule has 0 spiro atoms. The normalized spacial score (nSPS) is 16.7. The van der Waals surface area contributed by atoms with Crippen LogP contribution in [0.5, 0.6) is 0 Å². The lowest BCUT2D eigenvalue weighted by molar-refractivity contribution is -0.135. The van der Waals surface area contributed by atoms with Crippen LogP contribution in [0.2, 0.25) is 0 Å². The predicted molar refractivity (Wildman–Crippen MR) is 160 cm³/mol. The molecule has 11 heteroatoms. The quantitative estimate of drug-likeness (QED) is 0.161. The van der Waals surface area contributed by atoms with Crippen LogP contribution in [0.4, 0.5) is 17.5 Å². The summed E-state index contributed by atoms with van der Waals surface area (Å²) in [6.07, 6.45) is 12.0. The number of hydrogen-bond acceptors (Lipinski definition) is 8. The van der Waals surface area contributed by atoms with Gasteiger partial charge in [-0.2, -0.15) is 10.1 Å². The molecule has 1 aromatic carbocycles. The first-order valence-electron chi connectivity index (χ1n) is 14.2. The number of carbonyl (C=O) groups excluding carboxylic acids is 2. The van der Waals surface area contributed by atoms with E-state index in [-0.39, 0.29) is 11.8 Å². The van der Waals surface area contributed by atoms with E-state index in [9.17, 15) is 9.59 Å². The Labute approximate surface area is 240 Å². The van der Waals surface area contributed by atoms with Crippen LogP contribution in [0.15, 0.2) is 42.7 Å². The molecule has 1 saturated heterocycles. The van der Waals surface area contributed by atoms with Crippen molar-refractivity contribution in [1.29, 1.82) is 0 Å². The highest BCUT2D eigenvalue weighted by Gasteiger charge is 2.32. The number of fused-ring (bicyclic) bond motifs is 1. The molecule has 11 nitrogen and oxygen atoms in total. The molecule has 4 N–H and O–H groups in total. The van der Waals surface area contributed by atoms with Gasteiger partial charge in [-0.15, -0.1) is 0 Å². The van der Waals surface area contributed by atoms with E-state index in [4.69, 9.17) is 0 Å². The Morgan fingerprint density at radius 1 is 1.22 bits per heavy atom. The van der Waals surface area contributed by atoms with Crippen molar-refractivity contribution in [2.75, 3.05) is 44.4 Å². The smallest absolute Gasteiger partial charge is 0.246 e. The summed E-state index contributed by atoms with van der Waals surface area (Å²) in [6.45, 7) is 1.81. The third-order valence-electron chi connectivity index (χ3n) is 6.98. The Morgan fingerprint density at radius 2 is 2.10 bits per heavy atom. The maximum atomic E-state index is 12.8. The molecule has 0 radical (unpaired) electrons. The zero-order chi connectivity index (χ0) is 28.6. The molecule has 0 unspecified atom stereocenters. The summed E-state index contributed by atoms with van der Waals surface area (Å²) in [5.74, 6) is 7.41. The maximum absolute atomic E-state index is 12.8. The van der Waals surface area contributed by atoms with Gasteiger partial charge in [-0.3, -0.25) is 14.7 Å². The van der Waals surface area contributed by atoms with Crippen molar-refractivity contribution < 1.29 is 9.59 Å². The highest BCUT2D eigenvalue weighted by molar-refractivity contribution is 5.93. The standard InChI is InChI=1S/C30H37N9O2/c1-38(2)16-7-10-27(40)39-17-6-9-26(39)29(41)31-15-5-3-4-8-22-19-32-30(36-28(22)34-23-13-14-23)35-24-12-11-21-20-33-37-25(21)18-24/h7,10-12,18-20,23,26H,3,5-6,9,13-17H2,1-2H3,(H,31,41)(H,33,37)(H2,32,34,35,36)/b10-7+/t26-/m0/s1. The lowest BCUT2D eigenvalue weighted by Gasteiger charge is -2.22. The Hall–Kier alpha value is -4.43. The van der Waals surface area contributed by atoms with Gasteiger partial charge in [-0.1, -0.05) is 17.9 Å². The van der Waals surface area contributed by atoms with Crippen molar-refractivity contribution in [3.63, 3.8) is 0 Å². The van der Waals surface area contributed by atoms with E-state index in [2.05, 4.69) is 48.0 Å². The lowest BCUT2D eigenvalue weighted by Crippen LogP contribution is -2.45. The molecule has 3 aromatic rings. The van der Waals surface area contributed by atoms with Crippen molar-refractivity contribution in [2.45, 2.75) is 50.6 Å². The second kappa shape index (κ2) is 13.3. The molecule has 1 saturated carbocycles. The van der Waals surface area contributed by atoms with Crippen LogP contribution in [-0.4, -0.2) is 87.6 Å². The van der Waals surface area contributed by atoms with Gasteiger partial charge >= 0.3 is 0 Å². The first-order chi connectivity index (χ1) is 20.0. The fourth-order valence-corrected chi connectivity index (χ4v) is 4.64. The van der Waals surface area contributed by atoms with Gasteiger partial charge in [0.05, 0.1) is 23.5 Å². The third-order valence-corrected chi connectivity index (χ3v) is 6.98. The minimum Gasteiger partial charge on any atom is -0.366 e. The summed E-state index contributed by atoms with van der Waals surface area (Å²) in [5, 5.41) is 17.8. The summed E-state index contributed by atoms with van der Waals surface area (Å²) in [4.78, 5) is 38.1. The van der Waals surface area contributed by atoms with Crippen molar-refractivity contribution in [1.82, 2.24) is 35.3 Å². The number of likely N-dealkylation sites (N-methyl/N-ethyl adjacent to an activating group) is 1. The van der Waals surface area contributed by atoms with Gasteiger partial charge in [0.15, 0.2) is 0 Å². The zero-order valence-electron chi connectivity index (χ0n) is 23.6.